The van der Waals surface area contributed by atoms with Gasteiger partial charge in [0.15, 0.2) is 5.13 Å². The first-order chi connectivity index (χ1) is 12.9. The van der Waals surface area contributed by atoms with E-state index in [1.807, 2.05) is 18.2 Å². The Kier molecular flexibility index (Phi) is 4.20. The number of hydrogen-bond donors (Lipinski definition) is 1. The highest BCUT2D eigenvalue weighted by atomic mass is 32.1. The quantitative estimate of drug-likeness (QED) is 0.569. The summed E-state index contributed by atoms with van der Waals surface area (Å²) in [5.41, 5.74) is 1.29. The Morgan fingerprint density at radius 3 is 2.74 bits per heavy atom. The minimum absolute atomic E-state index is 0.141. The fourth-order valence-corrected chi connectivity index (χ4v) is 4.82. The largest absolute Gasteiger partial charge is 0.497 e. The molecule has 4 aromatic rings. The molecule has 4 rings (SSSR count). The molecule has 27 heavy (non-hydrogen) atoms. The van der Waals surface area contributed by atoms with E-state index in [2.05, 4.69) is 15.3 Å². The molecular weight excluding hydrogens is 384 g/mol. The van der Waals surface area contributed by atoms with Crippen molar-refractivity contribution in [3.8, 4) is 5.75 Å². The number of amides is 1. The second-order valence-corrected chi connectivity index (χ2v) is 8.10. The number of hydrogen-bond acceptors (Lipinski definition) is 7. The first-order valence-corrected chi connectivity index (χ1v) is 9.75. The molecule has 138 valence electrons. The average molecular weight is 400 g/mol. The predicted molar refractivity (Wildman–Crippen MR) is 108 cm³/mol. The van der Waals surface area contributed by atoms with E-state index in [1.54, 1.807) is 28.0 Å². The molecule has 0 spiro atoms. The molecule has 0 aliphatic rings. The van der Waals surface area contributed by atoms with E-state index in [0.717, 1.165) is 16.0 Å². The number of aryl methyl sites for hydroxylation is 2. The summed E-state index contributed by atoms with van der Waals surface area (Å²) in [5.74, 6) is 1.06. The molecule has 3 aromatic heterocycles. The van der Waals surface area contributed by atoms with Crippen LogP contribution in [-0.2, 0) is 7.05 Å². The zero-order valence-corrected chi connectivity index (χ0v) is 16.7. The van der Waals surface area contributed by atoms with Crippen LogP contribution in [-0.4, -0.2) is 27.6 Å². The zero-order valence-electron chi connectivity index (χ0n) is 15.1. The van der Waals surface area contributed by atoms with Crippen LogP contribution in [0.2, 0.25) is 0 Å². The second-order valence-electron chi connectivity index (χ2n) is 6.07. The van der Waals surface area contributed by atoms with Crippen LogP contribution < -0.4 is 15.6 Å². The summed E-state index contributed by atoms with van der Waals surface area (Å²) in [6, 6.07) is 5.55. The molecule has 0 atom stereocenters. The number of nitrogens with one attached hydrogen (secondary N) is 1. The van der Waals surface area contributed by atoms with Crippen LogP contribution in [0, 0.1) is 13.8 Å². The number of benzene rings is 1. The summed E-state index contributed by atoms with van der Waals surface area (Å²) in [4.78, 5) is 35.2. The number of carbonyl (C=O) groups excluding carboxylic acids is 1. The van der Waals surface area contributed by atoms with Gasteiger partial charge in [0.05, 0.1) is 27.6 Å². The number of ether oxygens (including phenoxy) is 1. The number of fused-ring (bicyclic) bond motifs is 2. The molecule has 0 bridgehead atoms. The van der Waals surface area contributed by atoms with Crippen molar-refractivity contribution in [1.82, 2.24) is 14.5 Å². The fourth-order valence-electron chi connectivity index (χ4n) is 2.82. The molecule has 1 aromatic carbocycles. The van der Waals surface area contributed by atoms with E-state index in [-0.39, 0.29) is 11.5 Å². The first kappa shape index (κ1) is 17.6. The highest BCUT2D eigenvalue weighted by Crippen LogP contribution is 2.31. The number of anilines is 1. The lowest BCUT2D eigenvalue weighted by molar-refractivity contribution is 0.103. The third-order valence-corrected chi connectivity index (χ3v) is 6.54. The summed E-state index contributed by atoms with van der Waals surface area (Å²) in [6.07, 6.45) is 0. The van der Waals surface area contributed by atoms with Gasteiger partial charge < -0.3 is 4.74 Å². The number of aromatic nitrogens is 3. The normalized spacial score (nSPS) is 11.3. The third kappa shape index (κ3) is 2.88. The summed E-state index contributed by atoms with van der Waals surface area (Å²) >= 11 is 2.59. The summed E-state index contributed by atoms with van der Waals surface area (Å²) in [5, 5.41) is 3.83. The molecule has 0 fully saturated rings. The van der Waals surface area contributed by atoms with E-state index >= 15 is 0 Å². The number of thiophene rings is 1. The molecule has 0 aliphatic carbocycles. The standard InChI is InChI=1S/C18H16N4O3S2/c1-8-13-16(19-9(2)22(3)17(13)24)27-14(8)15(23)21-18-20-11-6-5-10(25-4)7-12(11)26-18/h5-7H,1-4H3,(H,20,21,23). The van der Waals surface area contributed by atoms with E-state index in [1.165, 1.54) is 27.2 Å². The summed E-state index contributed by atoms with van der Waals surface area (Å²) in [6.45, 7) is 3.54. The van der Waals surface area contributed by atoms with Crippen molar-refractivity contribution in [1.29, 1.82) is 0 Å². The second kappa shape index (κ2) is 6.43. The van der Waals surface area contributed by atoms with Gasteiger partial charge in [-0.15, -0.1) is 11.3 Å². The maximum Gasteiger partial charge on any atom is 0.267 e. The van der Waals surface area contributed by atoms with Crippen LogP contribution in [0.1, 0.15) is 21.1 Å². The van der Waals surface area contributed by atoms with Gasteiger partial charge in [-0.1, -0.05) is 11.3 Å². The molecule has 9 heteroatoms. The van der Waals surface area contributed by atoms with Crippen LogP contribution in [0.25, 0.3) is 20.4 Å². The SMILES string of the molecule is COc1ccc2nc(NC(=O)c3sc4nc(C)n(C)c(=O)c4c3C)sc2c1. The van der Waals surface area contributed by atoms with Crippen LogP contribution >= 0.6 is 22.7 Å². The van der Waals surface area contributed by atoms with Crippen LogP contribution in [0.4, 0.5) is 5.13 Å². The van der Waals surface area contributed by atoms with Gasteiger partial charge in [-0.3, -0.25) is 19.5 Å². The molecule has 0 unspecified atom stereocenters. The molecule has 3 heterocycles. The molecule has 1 N–H and O–H groups in total. The first-order valence-electron chi connectivity index (χ1n) is 8.11. The van der Waals surface area contributed by atoms with Crippen molar-refractivity contribution in [3.05, 3.63) is 44.8 Å². The van der Waals surface area contributed by atoms with Crippen LogP contribution in [0.5, 0.6) is 5.75 Å². The maximum atomic E-state index is 12.8. The number of rotatable bonds is 3. The van der Waals surface area contributed by atoms with Crippen molar-refractivity contribution in [3.63, 3.8) is 0 Å². The minimum Gasteiger partial charge on any atom is -0.497 e. The Morgan fingerprint density at radius 1 is 1.22 bits per heavy atom. The van der Waals surface area contributed by atoms with Gasteiger partial charge in [-0.25, -0.2) is 9.97 Å². The monoisotopic (exact) mass is 400 g/mol. The highest BCUT2D eigenvalue weighted by molar-refractivity contribution is 7.23. The average Bonchev–Trinajstić information content (AvgIpc) is 3.19. The van der Waals surface area contributed by atoms with E-state index < -0.39 is 0 Å². The van der Waals surface area contributed by atoms with Crippen molar-refractivity contribution in [2.24, 2.45) is 7.05 Å². The van der Waals surface area contributed by atoms with Crippen molar-refractivity contribution in [2.75, 3.05) is 12.4 Å². The van der Waals surface area contributed by atoms with Crippen LogP contribution in [0.3, 0.4) is 0 Å². The molecule has 0 aliphatic heterocycles. The zero-order chi connectivity index (χ0) is 19.3. The van der Waals surface area contributed by atoms with Gasteiger partial charge in [0.2, 0.25) is 0 Å². The summed E-state index contributed by atoms with van der Waals surface area (Å²) in [7, 11) is 3.28. The smallest absolute Gasteiger partial charge is 0.267 e. The van der Waals surface area contributed by atoms with Crippen molar-refractivity contribution in [2.45, 2.75) is 13.8 Å². The van der Waals surface area contributed by atoms with Gasteiger partial charge >= 0.3 is 0 Å². The molecular formula is C18H16N4O3S2. The predicted octanol–water partition coefficient (Wildman–Crippen LogP) is 3.48. The number of thiazole rings is 1. The van der Waals surface area contributed by atoms with Gasteiger partial charge in [0, 0.05) is 7.05 Å². The molecule has 0 saturated heterocycles. The van der Waals surface area contributed by atoms with Crippen LogP contribution in [0.15, 0.2) is 23.0 Å². The Balaban J connectivity index is 1.72. The van der Waals surface area contributed by atoms with Crippen molar-refractivity contribution < 1.29 is 9.53 Å². The third-order valence-electron chi connectivity index (χ3n) is 4.42. The van der Waals surface area contributed by atoms with Crippen molar-refractivity contribution >= 4 is 54.1 Å². The topological polar surface area (TPSA) is 86.1 Å². The number of carbonyl (C=O) groups is 1. The number of methoxy groups -OCH3 is 1. The highest BCUT2D eigenvalue weighted by Gasteiger charge is 2.21. The fraction of sp³-hybridized carbons (Fsp3) is 0.222. The van der Waals surface area contributed by atoms with E-state index in [4.69, 9.17) is 4.74 Å². The molecule has 0 saturated carbocycles. The lowest BCUT2D eigenvalue weighted by Gasteiger charge is -2.02. The molecule has 0 radical (unpaired) electrons. The minimum atomic E-state index is -0.291. The summed E-state index contributed by atoms with van der Waals surface area (Å²) < 4.78 is 7.63. The molecule has 1 amide bonds. The van der Waals surface area contributed by atoms with Gasteiger partial charge in [-0.05, 0) is 37.6 Å². The van der Waals surface area contributed by atoms with Gasteiger partial charge in [0.1, 0.15) is 16.4 Å². The van der Waals surface area contributed by atoms with Gasteiger partial charge in [-0.2, -0.15) is 0 Å². The number of nitrogens with zero attached hydrogens (tertiary/aromatic N) is 3. The van der Waals surface area contributed by atoms with E-state index in [0.29, 0.717) is 31.6 Å². The lowest BCUT2D eigenvalue weighted by atomic mass is 10.2. The Labute approximate surface area is 162 Å². The lowest BCUT2D eigenvalue weighted by Crippen LogP contribution is -2.20. The van der Waals surface area contributed by atoms with E-state index in [9.17, 15) is 9.59 Å². The Bertz CT molecular complexity index is 1270. The maximum absolute atomic E-state index is 12.8. The molecule has 7 nitrogen and oxygen atoms in total. The van der Waals surface area contributed by atoms with Gasteiger partial charge in [0.25, 0.3) is 11.5 Å². The Hall–Kier alpha value is -2.78. The Morgan fingerprint density at radius 2 is 2.00 bits per heavy atom.